The first-order valence-electron chi connectivity index (χ1n) is 6.87. The number of ether oxygens (including phenoxy) is 1. The van der Waals surface area contributed by atoms with Gasteiger partial charge in [0, 0.05) is 0 Å². The molecule has 2 aromatic carbocycles. The summed E-state index contributed by atoms with van der Waals surface area (Å²) in [6.07, 6.45) is 0. The summed E-state index contributed by atoms with van der Waals surface area (Å²) in [5.41, 5.74) is 2.36. The number of carbonyl (C=O) groups is 1. The van der Waals surface area contributed by atoms with Gasteiger partial charge in [-0.2, -0.15) is 0 Å². The normalized spacial score (nSPS) is 11.3. The molecule has 0 aromatic heterocycles. The van der Waals surface area contributed by atoms with Gasteiger partial charge in [0.05, 0.1) is 5.56 Å². The lowest BCUT2D eigenvalue weighted by Crippen LogP contribution is -2.24. The van der Waals surface area contributed by atoms with E-state index in [9.17, 15) is 9.18 Å². The lowest BCUT2D eigenvalue weighted by molar-refractivity contribution is 0.00697. The van der Waals surface area contributed by atoms with Crippen molar-refractivity contribution in [3.8, 4) is 11.1 Å². The Hall–Kier alpha value is -2.16. The molecule has 2 rings (SSSR count). The number of carbonyl (C=O) groups excluding carboxylic acids is 1. The Kier molecular flexibility index (Phi) is 4.12. The maximum Gasteiger partial charge on any atom is 0.339 e. The van der Waals surface area contributed by atoms with Crippen molar-refractivity contribution in [2.75, 3.05) is 0 Å². The fraction of sp³-hybridized carbons (Fsp3) is 0.278. The van der Waals surface area contributed by atoms with Crippen LogP contribution >= 0.6 is 0 Å². The third kappa shape index (κ3) is 3.69. The molecule has 0 fully saturated rings. The quantitative estimate of drug-likeness (QED) is 0.744. The van der Waals surface area contributed by atoms with Crippen LogP contribution in [-0.4, -0.2) is 11.6 Å². The van der Waals surface area contributed by atoms with Crippen LogP contribution in [0.2, 0.25) is 0 Å². The van der Waals surface area contributed by atoms with Crippen molar-refractivity contribution in [1.29, 1.82) is 0 Å². The van der Waals surface area contributed by atoms with Crippen molar-refractivity contribution in [2.24, 2.45) is 0 Å². The number of aryl methyl sites for hydroxylation is 1. The van der Waals surface area contributed by atoms with E-state index in [0.29, 0.717) is 5.56 Å². The number of hydrogen-bond donors (Lipinski definition) is 0. The molecule has 0 spiro atoms. The zero-order chi connectivity index (χ0) is 15.6. The van der Waals surface area contributed by atoms with Gasteiger partial charge in [-0.05, 0) is 56.5 Å². The van der Waals surface area contributed by atoms with Gasteiger partial charge in [0.15, 0.2) is 0 Å². The Bertz CT molecular complexity index is 652. The maximum atomic E-state index is 13.1. The minimum atomic E-state index is -0.556. The van der Waals surface area contributed by atoms with Crippen LogP contribution in [0.4, 0.5) is 4.39 Å². The van der Waals surface area contributed by atoms with Crippen LogP contribution in [0.25, 0.3) is 11.1 Å². The van der Waals surface area contributed by atoms with Crippen molar-refractivity contribution in [1.82, 2.24) is 0 Å². The van der Waals surface area contributed by atoms with Gasteiger partial charge in [-0.3, -0.25) is 0 Å². The highest BCUT2D eigenvalue weighted by Crippen LogP contribution is 2.28. The molecular weight excluding hydrogens is 267 g/mol. The molecule has 0 saturated carbocycles. The Morgan fingerprint density at radius 2 is 1.67 bits per heavy atom. The van der Waals surface area contributed by atoms with E-state index in [0.717, 1.165) is 16.7 Å². The summed E-state index contributed by atoms with van der Waals surface area (Å²) >= 11 is 0. The summed E-state index contributed by atoms with van der Waals surface area (Å²) in [4.78, 5) is 12.4. The zero-order valence-electron chi connectivity index (χ0n) is 12.7. The second-order valence-corrected chi connectivity index (χ2v) is 6.01. The van der Waals surface area contributed by atoms with Gasteiger partial charge in [0.1, 0.15) is 11.4 Å². The van der Waals surface area contributed by atoms with Crippen LogP contribution in [0, 0.1) is 12.7 Å². The molecule has 3 heteroatoms. The van der Waals surface area contributed by atoms with E-state index in [4.69, 9.17) is 4.74 Å². The lowest BCUT2D eigenvalue weighted by Gasteiger charge is -2.21. The number of rotatable bonds is 2. The predicted octanol–water partition coefficient (Wildman–Crippen LogP) is 4.76. The molecule has 2 aromatic rings. The van der Waals surface area contributed by atoms with Crippen molar-refractivity contribution >= 4 is 5.97 Å². The topological polar surface area (TPSA) is 26.3 Å². The van der Waals surface area contributed by atoms with Gasteiger partial charge < -0.3 is 4.74 Å². The van der Waals surface area contributed by atoms with Crippen molar-refractivity contribution < 1.29 is 13.9 Å². The smallest absolute Gasteiger partial charge is 0.339 e. The summed E-state index contributed by atoms with van der Waals surface area (Å²) in [6, 6.07) is 11.7. The SMILES string of the molecule is Cc1cccc(-c2ccc(F)cc2)c1C(=O)OC(C)(C)C. The molecule has 0 saturated heterocycles. The van der Waals surface area contributed by atoms with Gasteiger partial charge >= 0.3 is 5.97 Å². The summed E-state index contributed by atoms with van der Waals surface area (Å²) in [5.74, 6) is -0.662. The van der Waals surface area contributed by atoms with E-state index < -0.39 is 5.60 Å². The van der Waals surface area contributed by atoms with Crippen LogP contribution in [0.15, 0.2) is 42.5 Å². The molecule has 2 nitrogen and oxygen atoms in total. The molecule has 0 unspecified atom stereocenters. The summed E-state index contributed by atoms with van der Waals surface area (Å²) in [7, 11) is 0. The van der Waals surface area contributed by atoms with Crippen LogP contribution < -0.4 is 0 Å². The van der Waals surface area contributed by atoms with Crippen LogP contribution in [0.3, 0.4) is 0 Å². The largest absolute Gasteiger partial charge is 0.456 e. The van der Waals surface area contributed by atoms with Crippen LogP contribution in [0.5, 0.6) is 0 Å². The fourth-order valence-electron chi connectivity index (χ4n) is 2.14. The van der Waals surface area contributed by atoms with E-state index in [1.54, 1.807) is 12.1 Å². The highest BCUT2D eigenvalue weighted by atomic mass is 19.1. The summed E-state index contributed by atoms with van der Waals surface area (Å²) < 4.78 is 18.5. The molecule has 0 atom stereocenters. The Morgan fingerprint density at radius 1 is 1.05 bits per heavy atom. The Morgan fingerprint density at radius 3 is 2.24 bits per heavy atom. The molecule has 0 bridgehead atoms. The highest BCUT2D eigenvalue weighted by molar-refractivity contribution is 5.99. The van der Waals surface area contributed by atoms with Crippen LogP contribution in [0.1, 0.15) is 36.7 Å². The second kappa shape index (κ2) is 5.68. The monoisotopic (exact) mass is 286 g/mol. The van der Waals surface area contributed by atoms with E-state index in [1.165, 1.54) is 12.1 Å². The zero-order valence-corrected chi connectivity index (χ0v) is 12.7. The summed E-state index contributed by atoms with van der Waals surface area (Å²) in [5, 5.41) is 0. The first-order valence-corrected chi connectivity index (χ1v) is 6.87. The van der Waals surface area contributed by atoms with Crippen LogP contribution in [-0.2, 0) is 4.74 Å². The van der Waals surface area contributed by atoms with Gasteiger partial charge in [-0.15, -0.1) is 0 Å². The average Bonchev–Trinajstić information content (AvgIpc) is 2.37. The number of benzene rings is 2. The molecule has 0 aliphatic heterocycles. The number of esters is 1. The highest BCUT2D eigenvalue weighted by Gasteiger charge is 2.22. The Balaban J connectivity index is 2.50. The number of hydrogen-bond acceptors (Lipinski definition) is 2. The molecule has 0 heterocycles. The third-order valence-electron chi connectivity index (χ3n) is 3.03. The fourth-order valence-corrected chi connectivity index (χ4v) is 2.14. The molecule has 0 aliphatic carbocycles. The molecular formula is C18H19FO2. The van der Waals surface area contributed by atoms with Gasteiger partial charge in [-0.25, -0.2) is 9.18 Å². The predicted molar refractivity (Wildman–Crippen MR) is 81.7 cm³/mol. The molecule has 0 radical (unpaired) electrons. The molecule has 21 heavy (non-hydrogen) atoms. The Labute approximate surface area is 124 Å². The first-order chi connectivity index (χ1) is 9.78. The summed E-state index contributed by atoms with van der Waals surface area (Å²) in [6.45, 7) is 7.37. The number of halogens is 1. The van der Waals surface area contributed by atoms with Crippen molar-refractivity contribution in [3.63, 3.8) is 0 Å². The minimum absolute atomic E-state index is 0.301. The van der Waals surface area contributed by atoms with Gasteiger partial charge in [-0.1, -0.05) is 30.3 Å². The first kappa shape index (κ1) is 15.2. The maximum absolute atomic E-state index is 13.1. The van der Waals surface area contributed by atoms with E-state index in [2.05, 4.69) is 0 Å². The molecule has 110 valence electrons. The van der Waals surface area contributed by atoms with E-state index in [-0.39, 0.29) is 11.8 Å². The van der Waals surface area contributed by atoms with E-state index >= 15 is 0 Å². The second-order valence-electron chi connectivity index (χ2n) is 6.01. The van der Waals surface area contributed by atoms with Crippen molar-refractivity contribution in [3.05, 3.63) is 59.4 Å². The average molecular weight is 286 g/mol. The lowest BCUT2D eigenvalue weighted by atomic mass is 9.96. The minimum Gasteiger partial charge on any atom is -0.456 e. The molecule has 0 amide bonds. The van der Waals surface area contributed by atoms with E-state index in [1.807, 2.05) is 45.9 Å². The molecule has 0 N–H and O–H groups in total. The molecule has 0 aliphatic rings. The van der Waals surface area contributed by atoms with Crippen molar-refractivity contribution in [2.45, 2.75) is 33.3 Å². The van der Waals surface area contributed by atoms with Gasteiger partial charge in [0.25, 0.3) is 0 Å². The standard InChI is InChI=1S/C18H19FO2/c1-12-6-5-7-15(13-8-10-14(19)11-9-13)16(12)17(20)21-18(2,3)4/h5-11H,1-4H3. The third-order valence-corrected chi connectivity index (χ3v) is 3.03. The van der Waals surface area contributed by atoms with Gasteiger partial charge in [0.2, 0.25) is 0 Å².